The molecule has 2 heterocycles. The zero-order valence-electron chi connectivity index (χ0n) is 14.9. The van der Waals surface area contributed by atoms with E-state index in [2.05, 4.69) is 70.5 Å². The Morgan fingerprint density at radius 3 is 2.52 bits per heavy atom. The minimum Gasteiger partial charge on any atom is -0.318 e. The molecule has 0 aliphatic carbocycles. The summed E-state index contributed by atoms with van der Waals surface area (Å²) in [7, 11) is 3.46. The lowest BCUT2D eigenvalue weighted by molar-refractivity contribution is -0.121. The summed E-state index contributed by atoms with van der Waals surface area (Å²) in [4.78, 5) is 18.8. The lowest BCUT2D eigenvalue weighted by atomic mass is 10.2. The van der Waals surface area contributed by atoms with Gasteiger partial charge in [0.2, 0.25) is 0 Å². The maximum atomic E-state index is 12.4. The van der Waals surface area contributed by atoms with E-state index in [0.29, 0.717) is 4.91 Å². The number of aliphatic imine (C=N–C) groups is 1. The predicted octanol–water partition coefficient (Wildman–Crippen LogP) is 4.70. The van der Waals surface area contributed by atoms with Crippen LogP contribution >= 0.6 is 27.7 Å². The first-order valence-corrected chi connectivity index (χ1v) is 9.54. The number of aromatic nitrogens is 1. The average Bonchev–Trinajstić information content (AvgIpc) is 3.01. The van der Waals surface area contributed by atoms with Gasteiger partial charge in [-0.05, 0) is 74.0 Å². The van der Waals surface area contributed by atoms with Crippen LogP contribution in [0.25, 0.3) is 11.8 Å². The molecule has 1 aliphatic heterocycles. The van der Waals surface area contributed by atoms with Gasteiger partial charge in [0.1, 0.15) is 0 Å². The highest BCUT2D eigenvalue weighted by molar-refractivity contribution is 9.10. The second-order valence-corrected chi connectivity index (χ2v) is 7.94. The van der Waals surface area contributed by atoms with Gasteiger partial charge in [-0.25, -0.2) is 0 Å². The normalized spacial score (nSPS) is 18.0. The zero-order valence-corrected chi connectivity index (χ0v) is 17.3. The Bertz CT molecular complexity index is 927. The van der Waals surface area contributed by atoms with Gasteiger partial charge in [0.25, 0.3) is 5.91 Å². The highest BCUT2D eigenvalue weighted by Gasteiger charge is 2.30. The van der Waals surface area contributed by atoms with Gasteiger partial charge in [-0.1, -0.05) is 15.9 Å². The van der Waals surface area contributed by atoms with Crippen molar-refractivity contribution in [3.63, 3.8) is 0 Å². The van der Waals surface area contributed by atoms with E-state index in [1.807, 2.05) is 6.08 Å². The van der Waals surface area contributed by atoms with Gasteiger partial charge in [0, 0.05) is 35.6 Å². The molecule has 1 aromatic heterocycles. The summed E-state index contributed by atoms with van der Waals surface area (Å²) in [5.74, 6) is -0.00473. The number of halogens is 1. The Balaban J connectivity index is 2.05. The fourth-order valence-corrected chi connectivity index (χ4v) is 4.15. The first kappa shape index (κ1) is 18.0. The van der Waals surface area contributed by atoms with Crippen LogP contribution < -0.4 is 0 Å². The van der Waals surface area contributed by atoms with Gasteiger partial charge < -0.3 is 4.57 Å². The molecule has 1 fully saturated rings. The number of likely N-dealkylation sites (N-methyl/N-ethyl adjacent to an activating group) is 1. The summed E-state index contributed by atoms with van der Waals surface area (Å²) in [5, 5.41) is 0.730. The second-order valence-electron chi connectivity index (χ2n) is 6.08. The summed E-state index contributed by atoms with van der Waals surface area (Å²) < 4.78 is 3.32. The molecule has 6 heteroatoms. The average molecular weight is 418 g/mol. The fourth-order valence-electron chi connectivity index (χ4n) is 2.99. The summed E-state index contributed by atoms with van der Waals surface area (Å²) in [6.07, 6.45) is 1.96. The van der Waals surface area contributed by atoms with Gasteiger partial charge >= 0.3 is 0 Å². The molecule has 0 atom stereocenters. The molecule has 0 radical (unpaired) electrons. The van der Waals surface area contributed by atoms with E-state index in [1.54, 1.807) is 19.0 Å². The molecule has 0 N–H and O–H groups in total. The Morgan fingerprint density at radius 2 is 1.92 bits per heavy atom. The standard InChI is InChI=1S/C19H20BrN3OS/c1-11-8-15(6-7-16(11)20)23-12(2)9-14(13(23)3)10-17-18(24)22(5)19(21-4)25-17/h6-10H,1-5H3/b17-10+,21-19?. The predicted molar refractivity (Wildman–Crippen MR) is 109 cm³/mol. The minimum atomic E-state index is -0.00473. The van der Waals surface area contributed by atoms with Gasteiger partial charge in [0.15, 0.2) is 5.17 Å². The molecule has 1 amide bonds. The SMILES string of the molecule is CN=C1S/C(=C/c2cc(C)n(-c3ccc(Br)c(C)c3)c2C)C(=O)N1C. The smallest absolute Gasteiger partial charge is 0.266 e. The molecular weight excluding hydrogens is 398 g/mol. The van der Waals surface area contributed by atoms with Crippen molar-refractivity contribution >= 4 is 44.8 Å². The van der Waals surface area contributed by atoms with Crippen molar-refractivity contribution in [2.24, 2.45) is 4.99 Å². The van der Waals surface area contributed by atoms with E-state index in [0.717, 1.165) is 32.3 Å². The molecule has 4 nitrogen and oxygen atoms in total. The summed E-state index contributed by atoms with van der Waals surface area (Å²) in [6.45, 7) is 6.25. The second kappa shape index (κ2) is 6.84. The summed E-state index contributed by atoms with van der Waals surface area (Å²) in [6, 6.07) is 8.44. The molecule has 0 spiro atoms. The number of amidine groups is 1. The quantitative estimate of drug-likeness (QED) is 0.664. The van der Waals surface area contributed by atoms with Crippen molar-refractivity contribution in [3.05, 3.63) is 56.2 Å². The monoisotopic (exact) mass is 417 g/mol. The highest BCUT2D eigenvalue weighted by atomic mass is 79.9. The Hall–Kier alpha value is -1.79. The molecule has 0 unspecified atom stereocenters. The zero-order chi connectivity index (χ0) is 18.3. The first-order valence-electron chi connectivity index (χ1n) is 7.93. The number of hydrogen-bond acceptors (Lipinski definition) is 3. The van der Waals surface area contributed by atoms with Crippen LogP contribution in [0.4, 0.5) is 0 Å². The van der Waals surface area contributed by atoms with Crippen LogP contribution in [0.5, 0.6) is 0 Å². The molecule has 130 valence electrons. The number of amides is 1. The number of hydrogen-bond donors (Lipinski definition) is 0. The lowest BCUT2D eigenvalue weighted by Gasteiger charge is -2.11. The number of carbonyl (C=O) groups excluding carboxylic acids is 1. The number of thioether (sulfide) groups is 1. The van der Waals surface area contributed by atoms with Crippen molar-refractivity contribution in [2.75, 3.05) is 14.1 Å². The Kier molecular flexibility index (Phi) is 4.93. The molecule has 25 heavy (non-hydrogen) atoms. The van der Waals surface area contributed by atoms with Crippen LogP contribution in [0.15, 0.2) is 38.6 Å². The highest BCUT2D eigenvalue weighted by Crippen LogP contribution is 2.33. The van der Waals surface area contributed by atoms with E-state index in [4.69, 9.17) is 0 Å². The molecule has 0 saturated carbocycles. The third-order valence-electron chi connectivity index (χ3n) is 4.35. The van der Waals surface area contributed by atoms with Crippen LogP contribution in [0.2, 0.25) is 0 Å². The summed E-state index contributed by atoms with van der Waals surface area (Å²) in [5.41, 5.74) is 5.62. The van der Waals surface area contributed by atoms with Crippen molar-refractivity contribution in [2.45, 2.75) is 20.8 Å². The maximum absolute atomic E-state index is 12.4. The molecule has 0 bridgehead atoms. The van der Waals surface area contributed by atoms with Crippen molar-refractivity contribution in [3.8, 4) is 5.69 Å². The van der Waals surface area contributed by atoms with E-state index >= 15 is 0 Å². The molecular formula is C19H20BrN3OS. The van der Waals surface area contributed by atoms with Crippen LogP contribution in [-0.2, 0) is 4.79 Å². The van der Waals surface area contributed by atoms with Crippen molar-refractivity contribution < 1.29 is 4.79 Å². The van der Waals surface area contributed by atoms with Crippen LogP contribution in [0, 0.1) is 20.8 Å². The molecule has 1 aliphatic rings. The van der Waals surface area contributed by atoms with E-state index in [-0.39, 0.29) is 5.91 Å². The van der Waals surface area contributed by atoms with E-state index in [1.165, 1.54) is 17.3 Å². The topological polar surface area (TPSA) is 37.6 Å². The number of rotatable bonds is 2. The van der Waals surface area contributed by atoms with Gasteiger partial charge in [0.05, 0.1) is 4.91 Å². The van der Waals surface area contributed by atoms with Crippen LogP contribution in [0.3, 0.4) is 0 Å². The number of benzene rings is 1. The maximum Gasteiger partial charge on any atom is 0.266 e. The van der Waals surface area contributed by atoms with Gasteiger partial charge in [-0.15, -0.1) is 0 Å². The first-order chi connectivity index (χ1) is 11.8. The van der Waals surface area contributed by atoms with Crippen LogP contribution in [0.1, 0.15) is 22.5 Å². The number of carbonyl (C=O) groups is 1. The third kappa shape index (κ3) is 3.20. The van der Waals surface area contributed by atoms with Crippen molar-refractivity contribution in [1.82, 2.24) is 9.47 Å². The Morgan fingerprint density at radius 1 is 1.20 bits per heavy atom. The van der Waals surface area contributed by atoms with Crippen molar-refractivity contribution in [1.29, 1.82) is 0 Å². The third-order valence-corrected chi connectivity index (χ3v) is 6.39. The van der Waals surface area contributed by atoms with Gasteiger partial charge in [-0.2, -0.15) is 0 Å². The fraction of sp³-hybridized carbons (Fsp3) is 0.263. The van der Waals surface area contributed by atoms with E-state index < -0.39 is 0 Å². The summed E-state index contributed by atoms with van der Waals surface area (Å²) >= 11 is 4.97. The Labute approximate surface area is 160 Å². The largest absolute Gasteiger partial charge is 0.318 e. The molecule has 1 saturated heterocycles. The molecule has 2 aromatic rings. The molecule has 1 aromatic carbocycles. The van der Waals surface area contributed by atoms with Gasteiger partial charge in [-0.3, -0.25) is 14.7 Å². The lowest BCUT2D eigenvalue weighted by Crippen LogP contribution is -2.23. The molecule has 3 rings (SSSR count). The van der Waals surface area contributed by atoms with Crippen LogP contribution in [-0.4, -0.2) is 34.6 Å². The number of nitrogens with zero attached hydrogens (tertiary/aromatic N) is 3. The number of aryl methyl sites for hydroxylation is 2. The minimum absolute atomic E-state index is 0.00473. The van der Waals surface area contributed by atoms with E-state index in [9.17, 15) is 4.79 Å².